The van der Waals surface area contributed by atoms with Gasteiger partial charge in [0.05, 0.1) is 0 Å². The maximum atomic E-state index is 2.50. The van der Waals surface area contributed by atoms with Crippen LogP contribution < -0.4 is 0 Å². The number of hydrogen-bond acceptors (Lipinski definition) is 1. The van der Waals surface area contributed by atoms with E-state index in [1.165, 1.54) is 19.3 Å². The number of rotatable bonds is 1. The Labute approximate surface area is 58.0 Å². The molecule has 0 radical (unpaired) electrons. The second-order valence-electron chi connectivity index (χ2n) is 3.15. The summed E-state index contributed by atoms with van der Waals surface area (Å²) in [7, 11) is 2.24. The molecule has 0 aromatic carbocycles. The van der Waals surface area contributed by atoms with Crippen molar-refractivity contribution < 1.29 is 0 Å². The summed E-state index contributed by atoms with van der Waals surface area (Å²) in [5, 5.41) is 0. The van der Waals surface area contributed by atoms with Crippen molar-refractivity contribution >= 4 is 0 Å². The lowest BCUT2D eigenvalue weighted by atomic mass is 10.2. The second-order valence-corrected chi connectivity index (χ2v) is 3.15. The molecule has 1 heterocycles. The summed E-state index contributed by atoms with van der Waals surface area (Å²) in [5.41, 5.74) is 0. The van der Waals surface area contributed by atoms with E-state index in [4.69, 9.17) is 0 Å². The molecule has 1 saturated heterocycles. The summed E-state index contributed by atoms with van der Waals surface area (Å²) in [6, 6.07) is 1.70. The first-order valence-corrected chi connectivity index (χ1v) is 3.97. The molecule has 1 heteroatoms. The first-order valence-electron chi connectivity index (χ1n) is 3.97. The first-order chi connectivity index (χ1) is 4.25. The highest BCUT2D eigenvalue weighted by Gasteiger charge is 2.24. The first kappa shape index (κ1) is 7.07. The van der Waals surface area contributed by atoms with Gasteiger partial charge in [0.2, 0.25) is 0 Å². The molecule has 0 N–H and O–H groups in total. The van der Waals surface area contributed by atoms with E-state index in [1.807, 2.05) is 0 Å². The quantitative estimate of drug-likeness (QED) is 0.520. The van der Waals surface area contributed by atoms with Gasteiger partial charge in [0.1, 0.15) is 0 Å². The predicted molar refractivity (Wildman–Crippen MR) is 40.5 cm³/mol. The molecule has 0 aliphatic carbocycles. The molecule has 1 rings (SSSR count). The highest BCUT2D eigenvalue weighted by atomic mass is 15.2. The lowest BCUT2D eigenvalue weighted by molar-refractivity contribution is 0.248. The molecular weight excluding hydrogens is 110 g/mol. The molecule has 1 unspecified atom stereocenters. The van der Waals surface area contributed by atoms with E-state index in [9.17, 15) is 0 Å². The molecule has 2 atom stereocenters. The molecule has 0 amide bonds. The van der Waals surface area contributed by atoms with Gasteiger partial charge >= 0.3 is 0 Å². The minimum atomic E-state index is 0.829. The van der Waals surface area contributed by atoms with Gasteiger partial charge in [0.15, 0.2) is 0 Å². The number of hydrogen-bond donors (Lipinski definition) is 0. The third-order valence-electron chi connectivity index (χ3n) is 2.66. The fourth-order valence-electron chi connectivity index (χ4n) is 1.69. The Morgan fingerprint density at radius 2 is 2.11 bits per heavy atom. The van der Waals surface area contributed by atoms with Crippen LogP contribution in [-0.4, -0.2) is 24.0 Å². The summed E-state index contributed by atoms with van der Waals surface area (Å²) < 4.78 is 0. The van der Waals surface area contributed by atoms with Gasteiger partial charge in [-0.2, -0.15) is 0 Å². The van der Waals surface area contributed by atoms with Crippen molar-refractivity contribution in [3.05, 3.63) is 0 Å². The van der Waals surface area contributed by atoms with E-state index in [-0.39, 0.29) is 0 Å². The summed E-state index contributed by atoms with van der Waals surface area (Å²) in [4.78, 5) is 2.50. The van der Waals surface area contributed by atoms with Crippen LogP contribution in [0.5, 0.6) is 0 Å². The molecule has 1 fully saturated rings. The van der Waals surface area contributed by atoms with Crippen LogP contribution in [-0.2, 0) is 0 Å². The zero-order valence-electron chi connectivity index (χ0n) is 6.72. The van der Waals surface area contributed by atoms with Crippen LogP contribution in [0.3, 0.4) is 0 Å². The molecule has 1 aliphatic heterocycles. The van der Waals surface area contributed by atoms with E-state index < -0.39 is 0 Å². The van der Waals surface area contributed by atoms with Crippen molar-refractivity contribution in [3.63, 3.8) is 0 Å². The van der Waals surface area contributed by atoms with Gasteiger partial charge in [0, 0.05) is 12.1 Å². The van der Waals surface area contributed by atoms with Crippen molar-refractivity contribution in [1.29, 1.82) is 0 Å². The predicted octanol–water partition coefficient (Wildman–Crippen LogP) is 1.88. The van der Waals surface area contributed by atoms with Crippen molar-refractivity contribution in [2.45, 2.75) is 45.2 Å². The minimum Gasteiger partial charge on any atom is -0.301 e. The third kappa shape index (κ3) is 1.26. The van der Waals surface area contributed by atoms with Crippen molar-refractivity contribution in [3.8, 4) is 0 Å². The van der Waals surface area contributed by atoms with E-state index >= 15 is 0 Å². The smallest absolute Gasteiger partial charge is 0.00929 e. The van der Waals surface area contributed by atoms with Gasteiger partial charge in [0.25, 0.3) is 0 Å². The van der Waals surface area contributed by atoms with Crippen LogP contribution in [0, 0.1) is 0 Å². The van der Waals surface area contributed by atoms with Crippen molar-refractivity contribution in [1.82, 2.24) is 4.90 Å². The lowest BCUT2D eigenvalue weighted by Gasteiger charge is -2.21. The Hall–Kier alpha value is -0.0400. The summed E-state index contributed by atoms with van der Waals surface area (Å²) in [6.07, 6.45) is 4.13. The highest BCUT2D eigenvalue weighted by Crippen LogP contribution is 2.23. The zero-order valence-corrected chi connectivity index (χ0v) is 6.72. The molecule has 1 nitrogen and oxygen atoms in total. The Balaban J connectivity index is 2.41. The average molecular weight is 127 g/mol. The summed E-state index contributed by atoms with van der Waals surface area (Å²) in [6.45, 7) is 4.59. The lowest BCUT2D eigenvalue weighted by Crippen LogP contribution is -2.29. The van der Waals surface area contributed by atoms with Crippen LogP contribution >= 0.6 is 0 Å². The highest BCUT2D eigenvalue weighted by molar-refractivity contribution is 4.80. The van der Waals surface area contributed by atoms with Crippen molar-refractivity contribution in [2.24, 2.45) is 0 Å². The van der Waals surface area contributed by atoms with E-state index in [2.05, 4.69) is 25.8 Å². The maximum absolute atomic E-state index is 2.50. The monoisotopic (exact) mass is 127 g/mol. The van der Waals surface area contributed by atoms with E-state index in [0.29, 0.717) is 0 Å². The number of likely N-dealkylation sites (tertiary alicyclic amines) is 1. The van der Waals surface area contributed by atoms with E-state index in [1.54, 1.807) is 0 Å². The van der Waals surface area contributed by atoms with Crippen LogP contribution in [0.2, 0.25) is 0 Å². The maximum Gasteiger partial charge on any atom is 0.00929 e. The molecule has 0 aromatic heterocycles. The fraction of sp³-hybridized carbons (Fsp3) is 1.00. The molecule has 54 valence electrons. The van der Waals surface area contributed by atoms with Crippen LogP contribution in [0.15, 0.2) is 0 Å². The Bertz CT molecular complexity index is 90.6. The van der Waals surface area contributed by atoms with Crippen molar-refractivity contribution in [2.75, 3.05) is 7.05 Å². The Morgan fingerprint density at radius 1 is 1.44 bits per heavy atom. The summed E-state index contributed by atoms with van der Waals surface area (Å²) >= 11 is 0. The standard InChI is InChI=1S/C8H17N/c1-4-8-6-5-7(2)9(8)3/h7-8H,4-6H2,1-3H3/t7?,8-/m1/s1. The molecule has 9 heavy (non-hydrogen) atoms. The van der Waals surface area contributed by atoms with Gasteiger partial charge in [-0.15, -0.1) is 0 Å². The Kier molecular flexibility index (Phi) is 2.12. The van der Waals surface area contributed by atoms with Gasteiger partial charge in [-0.3, -0.25) is 0 Å². The molecule has 0 aromatic rings. The third-order valence-corrected chi connectivity index (χ3v) is 2.66. The fourth-order valence-corrected chi connectivity index (χ4v) is 1.69. The molecule has 0 saturated carbocycles. The number of nitrogens with zero attached hydrogens (tertiary/aromatic N) is 1. The van der Waals surface area contributed by atoms with Gasteiger partial charge in [-0.1, -0.05) is 6.92 Å². The molecule has 0 bridgehead atoms. The minimum absolute atomic E-state index is 0.829. The van der Waals surface area contributed by atoms with Crippen LogP contribution in [0.1, 0.15) is 33.1 Å². The molecular formula is C8H17N. The van der Waals surface area contributed by atoms with Gasteiger partial charge in [-0.25, -0.2) is 0 Å². The topological polar surface area (TPSA) is 3.24 Å². The van der Waals surface area contributed by atoms with Crippen LogP contribution in [0.25, 0.3) is 0 Å². The zero-order chi connectivity index (χ0) is 6.85. The Morgan fingerprint density at radius 3 is 2.33 bits per heavy atom. The van der Waals surface area contributed by atoms with Gasteiger partial charge < -0.3 is 4.90 Å². The molecule has 1 aliphatic rings. The SMILES string of the molecule is CC[C@@H]1CCC(C)N1C. The normalized spacial score (nSPS) is 37.7. The second kappa shape index (κ2) is 2.70. The van der Waals surface area contributed by atoms with Gasteiger partial charge in [-0.05, 0) is 33.2 Å². The molecule has 0 spiro atoms. The average Bonchev–Trinajstić information content (AvgIpc) is 2.15. The summed E-state index contributed by atoms with van der Waals surface area (Å²) in [5.74, 6) is 0. The largest absolute Gasteiger partial charge is 0.301 e. The van der Waals surface area contributed by atoms with Crippen LogP contribution in [0.4, 0.5) is 0 Å². The van der Waals surface area contributed by atoms with E-state index in [0.717, 1.165) is 12.1 Å².